The van der Waals surface area contributed by atoms with Crippen molar-refractivity contribution in [2.45, 2.75) is 59.1 Å². The van der Waals surface area contributed by atoms with Gasteiger partial charge in [0, 0.05) is 13.0 Å². The molecule has 2 aromatic carbocycles. The molecule has 1 aromatic heterocycles. The number of nitrogens with one attached hydrogen (secondary N) is 1. The van der Waals surface area contributed by atoms with Crippen molar-refractivity contribution in [2.75, 3.05) is 11.9 Å². The smallest absolute Gasteiger partial charge is 0.241 e. The van der Waals surface area contributed by atoms with Crippen LogP contribution in [0.5, 0.6) is 11.6 Å². The van der Waals surface area contributed by atoms with E-state index in [0.29, 0.717) is 12.5 Å². The lowest BCUT2D eigenvalue weighted by Crippen LogP contribution is -2.26. The molecule has 5 nitrogen and oxygen atoms in total. The van der Waals surface area contributed by atoms with E-state index in [2.05, 4.69) is 56.4 Å². The second kappa shape index (κ2) is 9.48. The molecule has 0 unspecified atom stereocenters. The van der Waals surface area contributed by atoms with Gasteiger partial charge >= 0.3 is 0 Å². The molecule has 0 bridgehead atoms. The third-order valence-corrected chi connectivity index (χ3v) is 5.73. The van der Waals surface area contributed by atoms with Gasteiger partial charge in [-0.15, -0.1) is 0 Å². The Kier molecular flexibility index (Phi) is 6.52. The third-order valence-electron chi connectivity index (χ3n) is 5.73. The van der Waals surface area contributed by atoms with Crippen LogP contribution in [0, 0.1) is 6.92 Å². The topological polar surface area (TPSA) is 56.3 Å². The van der Waals surface area contributed by atoms with Crippen molar-refractivity contribution in [1.82, 2.24) is 9.97 Å². The van der Waals surface area contributed by atoms with Crippen molar-refractivity contribution in [3.8, 4) is 11.6 Å². The molecule has 0 saturated heterocycles. The quantitative estimate of drug-likeness (QED) is 0.501. The summed E-state index contributed by atoms with van der Waals surface area (Å²) in [6, 6.07) is 16.6. The zero-order chi connectivity index (χ0) is 21.8. The van der Waals surface area contributed by atoms with Gasteiger partial charge in [0.25, 0.3) is 0 Å². The summed E-state index contributed by atoms with van der Waals surface area (Å²) in [5, 5.41) is 3.67. The highest BCUT2D eigenvalue weighted by Gasteiger charge is 2.33. The Balaban J connectivity index is 1.66. The highest BCUT2D eigenvalue weighted by atomic mass is 16.5. The highest BCUT2D eigenvalue weighted by molar-refractivity contribution is 5.50. The molecule has 0 saturated carbocycles. The zero-order valence-corrected chi connectivity index (χ0v) is 18.8. The molecule has 1 aliphatic carbocycles. The predicted octanol–water partition coefficient (Wildman–Crippen LogP) is 5.82. The molecular weight excluding hydrogens is 386 g/mol. The minimum Gasteiger partial charge on any atom is -0.437 e. The summed E-state index contributed by atoms with van der Waals surface area (Å²) in [7, 11) is 0. The van der Waals surface area contributed by atoms with Crippen LogP contribution < -0.4 is 10.1 Å². The number of nitrogens with zero attached hydrogens (tertiary/aromatic N) is 2. The first-order valence-corrected chi connectivity index (χ1v) is 11.2. The van der Waals surface area contributed by atoms with Crippen molar-refractivity contribution >= 4 is 5.82 Å². The molecule has 4 rings (SSSR count). The van der Waals surface area contributed by atoms with Gasteiger partial charge in [0.15, 0.2) is 0 Å². The van der Waals surface area contributed by atoms with Gasteiger partial charge in [0.05, 0.1) is 17.8 Å². The Morgan fingerprint density at radius 1 is 0.968 bits per heavy atom. The minimum absolute atomic E-state index is 0.0593. The number of hydrogen-bond donors (Lipinski definition) is 1. The summed E-state index contributed by atoms with van der Waals surface area (Å²) < 4.78 is 12.2. The van der Waals surface area contributed by atoms with Crippen LogP contribution in [0.15, 0.2) is 48.5 Å². The first-order valence-electron chi connectivity index (χ1n) is 11.2. The molecule has 3 aromatic rings. The first kappa shape index (κ1) is 21.3. The van der Waals surface area contributed by atoms with Crippen molar-refractivity contribution in [3.05, 3.63) is 76.6 Å². The zero-order valence-electron chi connectivity index (χ0n) is 18.8. The normalized spacial score (nSPS) is 17.4. The summed E-state index contributed by atoms with van der Waals surface area (Å²) >= 11 is 0. The molecule has 31 heavy (non-hydrogen) atoms. The minimum atomic E-state index is 0.0593. The van der Waals surface area contributed by atoms with Crippen LogP contribution in [0.3, 0.4) is 0 Å². The number of fused-ring (bicyclic) bond motifs is 1. The number of hydrogen-bond acceptors (Lipinski definition) is 5. The van der Waals surface area contributed by atoms with E-state index < -0.39 is 0 Å². The lowest BCUT2D eigenvalue weighted by molar-refractivity contribution is 0.0573. The van der Waals surface area contributed by atoms with E-state index in [1.54, 1.807) is 0 Å². The number of aryl methyl sites for hydroxylation is 3. The molecule has 0 radical (unpaired) electrons. The Morgan fingerprint density at radius 2 is 1.77 bits per heavy atom. The van der Waals surface area contributed by atoms with E-state index in [1.165, 1.54) is 11.1 Å². The average Bonchev–Trinajstić information content (AvgIpc) is 3.12. The van der Waals surface area contributed by atoms with Crippen LogP contribution in [-0.2, 0) is 24.0 Å². The van der Waals surface area contributed by atoms with Crippen LogP contribution in [0.25, 0.3) is 0 Å². The van der Waals surface area contributed by atoms with E-state index in [1.807, 2.05) is 25.1 Å². The van der Waals surface area contributed by atoms with Crippen molar-refractivity contribution in [1.29, 1.82) is 0 Å². The Labute approximate surface area is 184 Å². The molecule has 1 aliphatic rings. The fraction of sp³-hybridized carbons (Fsp3) is 0.385. The fourth-order valence-corrected chi connectivity index (χ4v) is 4.20. The monoisotopic (exact) mass is 417 g/mol. The largest absolute Gasteiger partial charge is 0.437 e. The molecule has 2 atom stereocenters. The first-order chi connectivity index (χ1) is 15.1. The maximum atomic E-state index is 6.14. The maximum Gasteiger partial charge on any atom is 0.241 e. The van der Waals surface area contributed by atoms with Gasteiger partial charge in [-0.05, 0) is 55.5 Å². The second-order valence-corrected chi connectivity index (χ2v) is 7.92. The maximum absolute atomic E-state index is 6.14. The lowest BCUT2D eigenvalue weighted by atomic mass is 10.1. The van der Waals surface area contributed by atoms with Crippen LogP contribution in [0.1, 0.15) is 54.9 Å². The summed E-state index contributed by atoms with van der Waals surface area (Å²) in [5.74, 6) is 2.19. The summed E-state index contributed by atoms with van der Waals surface area (Å²) in [6.07, 6.45) is 2.49. The molecule has 0 amide bonds. The Hall–Kier alpha value is -2.92. The van der Waals surface area contributed by atoms with Crippen molar-refractivity contribution in [2.24, 2.45) is 0 Å². The number of aromatic nitrogens is 2. The number of benzene rings is 2. The standard InChI is InChI=1S/C26H31N3O2/c1-5-21-25(29-24-20-14-9-8-12-18(20)16-23(24)30-7-3)27-22(6-2)26(28-21)31-19-13-10-11-17(4)15-19/h8-15,23-24H,5-7,16H2,1-4H3,(H,27,29)/t23-,24+/m0/s1. The fourth-order valence-electron chi connectivity index (χ4n) is 4.20. The molecule has 0 spiro atoms. The van der Waals surface area contributed by atoms with Crippen molar-refractivity contribution < 1.29 is 9.47 Å². The van der Waals surface area contributed by atoms with Gasteiger partial charge < -0.3 is 14.8 Å². The second-order valence-electron chi connectivity index (χ2n) is 7.92. The Morgan fingerprint density at radius 3 is 2.52 bits per heavy atom. The molecular formula is C26H31N3O2. The van der Waals surface area contributed by atoms with E-state index >= 15 is 0 Å². The van der Waals surface area contributed by atoms with Gasteiger partial charge in [-0.3, -0.25) is 0 Å². The van der Waals surface area contributed by atoms with Gasteiger partial charge in [0.2, 0.25) is 5.88 Å². The van der Waals surface area contributed by atoms with E-state index in [9.17, 15) is 0 Å². The lowest BCUT2D eigenvalue weighted by Gasteiger charge is -2.24. The predicted molar refractivity (Wildman–Crippen MR) is 124 cm³/mol. The number of anilines is 1. The van der Waals surface area contributed by atoms with Gasteiger partial charge in [0.1, 0.15) is 17.3 Å². The van der Waals surface area contributed by atoms with E-state index in [4.69, 9.17) is 19.4 Å². The van der Waals surface area contributed by atoms with Gasteiger partial charge in [-0.2, -0.15) is 0 Å². The Bertz CT molecular complexity index is 1050. The highest BCUT2D eigenvalue weighted by Crippen LogP contribution is 2.37. The van der Waals surface area contributed by atoms with Crippen LogP contribution in [0.4, 0.5) is 5.82 Å². The van der Waals surface area contributed by atoms with Crippen LogP contribution in [-0.4, -0.2) is 22.7 Å². The van der Waals surface area contributed by atoms with Gasteiger partial charge in [-0.1, -0.05) is 50.2 Å². The summed E-state index contributed by atoms with van der Waals surface area (Å²) in [4.78, 5) is 9.83. The average molecular weight is 418 g/mol. The molecule has 5 heteroatoms. The number of rotatable bonds is 8. The van der Waals surface area contributed by atoms with E-state index in [0.717, 1.165) is 47.8 Å². The molecule has 1 N–H and O–H groups in total. The van der Waals surface area contributed by atoms with Crippen molar-refractivity contribution in [3.63, 3.8) is 0 Å². The molecule has 0 fully saturated rings. The molecule has 162 valence electrons. The SMILES string of the molecule is CCO[C@H]1Cc2ccccc2[C@H]1Nc1nc(CC)c(Oc2cccc(C)c2)nc1CC. The summed E-state index contributed by atoms with van der Waals surface area (Å²) in [5.41, 5.74) is 5.52. The third kappa shape index (κ3) is 4.57. The summed E-state index contributed by atoms with van der Waals surface area (Å²) in [6.45, 7) is 8.96. The number of ether oxygens (including phenoxy) is 2. The molecule has 1 heterocycles. The van der Waals surface area contributed by atoms with Crippen LogP contribution >= 0.6 is 0 Å². The molecule has 0 aliphatic heterocycles. The van der Waals surface area contributed by atoms with Gasteiger partial charge in [-0.25, -0.2) is 9.97 Å². The van der Waals surface area contributed by atoms with Crippen LogP contribution in [0.2, 0.25) is 0 Å². The van der Waals surface area contributed by atoms with E-state index in [-0.39, 0.29) is 12.1 Å².